The maximum absolute atomic E-state index is 12.6. The number of rotatable bonds is 2. The summed E-state index contributed by atoms with van der Waals surface area (Å²) >= 11 is 0. The van der Waals surface area contributed by atoms with Crippen molar-refractivity contribution < 1.29 is 9.53 Å². The van der Waals surface area contributed by atoms with Crippen molar-refractivity contribution in [3.63, 3.8) is 0 Å². The van der Waals surface area contributed by atoms with Gasteiger partial charge in [0.15, 0.2) is 0 Å². The molecule has 3 aliphatic rings. The number of para-hydroxylation sites is 1. The summed E-state index contributed by atoms with van der Waals surface area (Å²) in [5.74, 6) is 3.15. The third-order valence-corrected chi connectivity index (χ3v) is 6.73. The highest BCUT2D eigenvalue weighted by Crippen LogP contribution is 2.67. The minimum absolute atomic E-state index is 0.0504. The van der Waals surface area contributed by atoms with Crippen LogP contribution in [0.3, 0.4) is 0 Å². The molecule has 1 aromatic heterocycles. The van der Waals surface area contributed by atoms with E-state index >= 15 is 0 Å². The lowest BCUT2D eigenvalue weighted by Crippen LogP contribution is -2.27. The lowest BCUT2D eigenvalue weighted by Gasteiger charge is -2.30. The number of fused-ring (bicyclic) bond motifs is 9. The first-order valence-electron chi connectivity index (χ1n) is 9.75. The molecule has 1 aromatic carbocycles. The molecule has 5 rings (SSSR count). The summed E-state index contributed by atoms with van der Waals surface area (Å²) in [5, 5.41) is 1.38. The predicted octanol–water partition coefficient (Wildman–Crippen LogP) is 5.13. The Morgan fingerprint density at radius 3 is 2.76 bits per heavy atom. The number of aromatic amines is 1. The number of benzene rings is 1. The number of hydrogen-bond donors (Lipinski definition) is 1. The van der Waals surface area contributed by atoms with Gasteiger partial charge in [-0.1, -0.05) is 18.2 Å². The van der Waals surface area contributed by atoms with Gasteiger partial charge in [-0.2, -0.15) is 0 Å². The zero-order chi connectivity index (χ0) is 17.3. The van der Waals surface area contributed by atoms with Gasteiger partial charge in [0.1, 0.15) is 5.60 Å². The van der Waals surface area contributed by atoms with Crippen molar-refractivity contribution in [1.29, 1.82) is 0 Å². The van der Waals surface area contributed by atoms with Crippen molar-refractivity contribution in [1.82, 2.24) is 4.98 Å². The molecule has 2 aromatic rings. The number of nitrogens with one attached hydrogen (secondary N) is 1. The summed E-state index contributed by atoms with van der Waals surface area (Å²) in [6, 6.07) is 8.65. The van der Waals surface area contributed by atoms with E-state index in [4.69, 9.17) is 4.74 Å². The second-order valence-corrected chi connectivity index (χ2v) is 9.33. The van der Waals surface area contributed by atoms with Crippen LogP contribution >= 0.6 is 0 Å². The third kappa shape index (κ3) is 2.28. The second-order valence-electron chi connectivity index (χ2n) is 9.33. The van der Waals surface area contributed by atoms with Gasteiger partial charge in [0.2, 0.25) is 0 Å². The molecule has 2 saturated carbocycles. The number of carbonyl (C=O) groups excluding carboxylic acids is 1. The van der Waals surface area contributed by atoms with Crippen LogP contribution in [0.4, 0.5) is 0 Å². The number of hydrogen-bond acceptors (Lipinski definition) is 2. The number of H-pyrrole nitrogens is 1. The lowest BCUT2D eigenvalue weighted by atomic mass is 9.75. The fourth-order valence-corrected chi connectivity index (χ4v) is 6.17. The van der Waals surface area contributed by atoms with Crippen molar-refractivity contribution in [2.45, 2.75) is 63.9 Å². The molecule has 2 fully saturated rings. The highest BCUT2D eigenvalue weighted by molar-refractivity contribution is 5.87. The number of carbonyl (C=O) groups is 1. The van der Waals surface area contributed by atoms with E-state index in [1.165, 1.54) is 41.4 Å². The molecular weight excluding hydrogens is 310 g/mol. The SMILES string of the molecule is CC(C)(C)OC(=O)C[C@@H]1c2[nH]c3ccccc3c2[C@H]2[C@@H]3CC[C@@H](C3)[C@H]21. The average Bonchev–Trinajstić information content (AvgIpc) is 3.25. The van der Waals surface area contributed by atoms with Crippen LogP contribution in [-0.4, -0.2) is 16.6 Å². The molecule has 3 heteroatoms. The van der Waals surface area contributed by atoms with Crippen molar-refractivity contribution in [2.24, 2.45) is 17.8 Å². The van der Waals surface area contributed by atoms with Crippen LogP contribution in [0, 0.1) is 17.8 Å². The van der Waals surface area contributed by atoms with Gasteiger partial charge < -0.3 is 9.72 Å². The molecule has 3 nitrogen and oxygen atoms in total. The molecular formula is C22H27NO2. The van der Waals surface area contributed by atoms with Gasteiger partial charge >= 0.3 is 5.97 Å². The topological polar surface area (TPSA) is 42.1 Å². The van der Waals surface area contributed by atoms with Gasteiger partial charge in [-0.15, -0.1) is 0 Å². The highest BCUT2D eigenvalue weighted by Gasteiger charge is 2.57. The minimum Gasteiger partial charge on any atom is -0.460 e. The molecule has 1 heterocycles. The molecule has 0 unspecified atom stereocenters. The molecule has 0 saturated heterocycles. The van der Waals surface area contributed by atoms with E-state index in [1.807, 2.05) is 20.8 Å². The summed E-state index contributed by atoms with van der Waals surface area (Å²) in [5.41, 5.74) is 3.68. The Labute approximate surface area is 149 Å². The molecule has 0 spiro atoms. The average molecular weight is 337 g/mol. The molecule has 0 aliphatic heterocycles. The molecule has 132 valence electrons. The van der Waals surface area contributed by atoms with Crippen LogP contribution in [0.15, 0.2) is 24.3 Å². The van der Waals surface area contributed by atoms with Crippen molar-refractivity contribution in [3.8, 4) is 0 Å². The highest BCUT2D eigenvalue weighted by atomic mass is 16.6. The van der Waals surface area contributed by atoms with Crippen LogP contribution < -0.4 is 0 Å². The summed E-state index contributed by atoms with van der Waals surface area (Å²) in [7, 11) is 0. The van der Waals surface area contributed by atoms with Crippen LogP contribution in [-0.2, 0) is 9.53 Å². The standard InChI is InChI=1S/C22H27NO2/c1-22(2,3)25-17(24)11-15-18-12-8-9-13(10-12)19(18)20-14-6-4-5-7-16(14)23-21(15)20/h4-7,12-13,15,18-19,23H,8-11H2,1-3H3/t12-,13+,15-,18-,19-/m0/s1. The van der Waals surface area contributed by atoms with Crippen LogP contribution in [0.5, 0.6) is 0 Å². The Kier molecular flexibility index (Phi) is 3.17. The third-order valence-electron chi connectivity index (χ3n) is 6.73. The van der Waals surface area contributed by atoms with Crippen LogP contribution in [0.25, 0.3) is 10.9 Å². The van der Waals surface area contributed by atoms with Gasteiger partial charge in [-0.25, -0.2) is 0 Å². The van der Waals surface area contributed by atoms with E-state index in [0.29, 0.717) is 24.2 Å². The number of ether oxygens (including phenoxy) is 1. The summed E-state index contributed by atoms with van der Waals surface area (Å²) < 4.78 is 5.66. The predicted molar refractivity (Wildman–Crippen MR) is 98.6 cm³/mol. The van der Waals surface area contributed by atoms with E-state index < -0.39 is 5.60 Å². The first-order chi connectivity index (χ1) is 11.9. The maximum Gasteiger partial charge on any atom is 0.306 e. The maximum atomic E-state index is 12.6. The fraction of sp³-hybridized carbons (Fsp3) is 0.591. The number of esters is 1. The molecule has 0 amide bonds. The van der Waals surface area contributed by atoms with Gasteiger partial charge in [-0.3, -0.25) is 4.79 Å². The van der Waals surface area contributed by atoms with Crippen molar-refractivity contribution in [3.05, 3.63) is 35.5 Å². The fourth-order valence-electron chi connectivity index (χ4n) is 6.17. The molecule has 2 bridgehead atoms. The summed E-state index contributed by atoms with van der Waals surface area (Å²) in [6.45, 7) is 5.86. The normalized spacial score (nSPS) is 32.8. The van der Waals surface area contributed by atoms with Gasteiger partial charge in [0.25, 0.3) is 0 Å². The van der Waals surface area contributed by atoms with Crippen molar-refractivity contribution in [2.75, 3.05) is 0 Å². The monoisotopic (exact) mass is 337 g/mol. The number of aromatic nitrogens is 1. The van der Waals surface area contributed by atoms with E-state index in [2.05, 4.69) is 29.2 Å². The smallest absolute Gasteiger partial charge is 0.306 e. The first-order valence-corrected chi connectivity index (χ1v) is 9.75. The quantitative estimate of drug-likeness (QED) is 0.772. The largest absolute Gasteiger partial charge is 0.460 e. The van der Waals surface area contributed by atoms with Gasteiger partial charge in [-0.05, 0) is 75.3 Å². The van der Waals surface area contributed by atoms with Crippen molar-refractivity contribution >= 4 is 16.9 Å². The molecule has 0 radical (unpaired) electrons. The molecule has 3 aliphatic carbocycles. The van der Waals surface area contributed by atoms with Gasteiger partial charge in [0.05, 0.1) is 6.42 Å². The van der Waals surface area contributed by atoms with E-state index in [9.17, 15) is 4.79 Å². The zero-order valence-corrected chi connectivity index (χ0v) is 15.3. The summed E-state index contributed by atoms with van der Waals surface area (Å²) in [6.07, 6.45) is 4.59. The second kappa shape index (κ2) is 5.12. The minimum atomic E-state index is -0.410. The molecule has 1 N–H and O–H groups in total. The van der Waals surface area contributed by atoms with Gasteiger partial charge in [0, 0.05) is 22.5 Å². The Morgan fingerprint density at radius 2 is 1.96 bits per heavy atom. The van der Waals surface area contributed by atoms with Crippen LogP contribution in [0.2, 0.25) is 0 Å². The Balaban J connectivity index is 1.56. The van der Waals surface area contributed by atoms with E-state index in [-0.39, 0.29) is 5.97 Å². The van der Waals surface area contributed by atoms with E-state index in [0.717, 1.165) is 11.8 Å². The Hall–Kier alpha value is -1.77. The van der Waals surface area contributed by atoms with E-state index in [1.54, 1.807) is 0 Å². The molecule has 25 heavy (non-hydrogen) atoms. The first kappa shape index (κ1) is 15.5. The zero-order valence-electron chi connectivity index (χ0n) is 15.3. The Morgan fingerprint density at radius 1 is 1.20 bits per heavy atom. The molecule has 5 atom stereocenters. The summed E-state index contributed by atoms with van der Waals surface area (Å²) in [4.78, 5) is 16.3. The Bertz CT molecular complexity index is 843. The van der Waals surface area contributed by atoms with Crippen LogP contribution in [0.1, 0.15) is 69.5 Å². The lowest BCUT2D eigenvalue weighted by molar-refractivity contribution is -0.155.